The lowest BCUT2D eigenvalue weighted by atomic mass is 10.2. The Balaban J connectivity index is 1.60. The molecule has 9 heteroatoms. The van der Waals surface area contributed by atoms with Crippen LogP contribution in [0.5, 0.6) is 0 Å². The molecule has 8 nitrogen and oxygen atoms in total. The van der Waals surface area contributed by atoms with Crippen LogP contribution in [0.15, 0.2) is 11.5 Å². The normalized spacial score (nSPS) is 25.3. The number of aliphatic hydroxyl groups excluding tert-OH is 1. The number of hydrogen-bond acceptors (Lipinski definition) is 6. The zero-order chi connectivity index (χ0) is 15.0. The summed E-state index contributed by atoms with van der Waals surface area (Å²) in [5.74, 6) is -1.28. The van der Waals surface area contributed by atoms with Crippen molar-refractivity contribution in [2.75, 3.05) is 12.3 Å². The van der Waals surface area contributed by atoms with E-state index in [4.69, 9.17) is 5.11 Å². The highest BCUT2D eigenvalue weighted by molar-refractivity contribution is 7.99. The van der Waals surface area contributed by atoms with Gasteiger partial charge in [-0.15, -0.1) is 10.2 Å². The molecule has 0 aromatic carbocycles. The lowest BCUT2D eigenvalue weighted by Gasteiger charge is -2.20. The predicted molar refractivity (Wildman–Crippen MR) is 72.8 cm³/mol. The second-order valence-corrected chi connectivity index (χ2v) is 6.27. The number of nitrogens with zero attached hydrogens (tertiary/aromatic N) is 4. The molecular weight excluding hydrogens is 296 g/mol. The SMILES string of the molecule is O=C(O)C1CC(O)CN1C(=O)CSc1nncn1C1CC1. The van der Waals surface area contributed by atoms with E-state index in [9.17, 15) is 14.7 Å². The summed E-state index contributed by atoms with van der Waals surface area (Å²) in [6.07, 6.45) is 3.17. The van der Waals surface area contributed by atoms with Crippen LogP contribution >= 0.6 is 11.8 Å². The summed E-state index contributed by atoms with van der Waals surface area (Å²) in [5.41, 5.74) is 0. The van der Waals surface area contributed by atoms with Crippen molar-refractivity contribution in [1.29, 1.82) is 0 Å². The van der Waals surface area contributed by atoms with E-state index >= 15 is 0 Å². The first-order valence-electron chi connectivity index (χ1n) is 6.79. The van der Waals surface area contributed by atoms with Crippen LogP contribution in [0, 0.1) is 0 Å². The van der Waals surface area contributed by atoms with Gasteiger partial charge in [-0.1, -0.05) is 11.8 Å². The molecule has 1 amide bonds. The molecule has 0 radical (unpaired) electrons. The average Bonchev–Trinajstić information content (AvgIpc) is 3.04. The average molecular weight is 312 g/mol. The molecule has 1 aliphatic carbocycles. The van der Waals surface area contributed by atoms with Gasteiger partial charge in [-0.2, -0.15) is 0 Å². The second kappa shape index (κ2) is 5.64. The van der Waals surface area contributed by atoms with Crippen molar-refractivity contribution < 1.29 is 19.8 Å². The van der Waals surface area contributed by atoms with E-state index in [-0.39, 0.29) is 24.6 Å². The van der Waals surface area contributed by atoms with Gasteiger partial charge in [0.15, 0.2) is 5.16 Å². The van der Waals surface area contributed by atoms with E-state index in [0.29, 0.717) is 11.2 Å². The molecule has 1 aliphatic heterocycles. The van der Waals surface area contributed by atoms with E-state index < -0.39 is 18.1 Å². The number of aromatic nitrogens is 3. The Kier molecular flexibility index (Phi) is 3.85. The summed E-state index contributed by atoms with van der Waals surface area (Å²) in [6.45, 7) is 0.0751. The van der Waals surface area contributed by atoms with Gasteiger partial charge >= 0.3 is 5.97 Å². The second-order valence-electron chi connectivity index (χ2n) is 5.33. The number of carboxylic acid groups (broad SMARTS) is 1. The van der Waals surface area contributed by atoms with Crippen LogP contribution in [-0.2, 0) is 9.59 Å². The number of aliphatic hydroxyl groups is 1. The van der Waals surface area contributed by atoms with Gasteiger partial charge in [-0.05, 0) is 12.8 Å². The van der Waals surface area contributed by atoms with Gasteiger partial charge in [0.05, 0.1) is 11.9 Å². The number of β-amino-alcohol motifs (C(OH)–C–C–N with tert-alkyl or cyclic N) is 1. The first-order chi connectivity index (χ1) is 10.1. The third-order valence-electron chi connectivity index (χ3n) is 3.69. The van der Waals surface area contributed by atoms with Crippen LogP contribution in [0.2, 0.25) is 0 Å². The quantitative estimate of drug-likeness (QED) is 0.722. The van der Waals surface area contributed by atoms with Crippen LogP contribution in [0.25, 0.3) is 0 Å². The zero-order valence-electron chi connectivity index (χ0n) is 11.3. The Morgan fingerprint density at radius 2 is 2.19 bits per heavy atom. The number of amides is 1. The standard InChI is InChI=1S/C12H16N4O4S/c17-8-3-9(11(19)20)15(4-8)10(18)5-21-12-14-13-6-16(12)7-1-2-7/h6-9,17H,1-5H2,(H,19,20). The van der Waals surface area contributed by atoms with Gasteiger partial charge < -0.3 is 19.7 Å². The number of likely N-dealkylation sites (tertiary alicyclic amines) is 1. The van der Waals surface area contributed by atoms with Gasteiger partial charge in [0.1, 0.15) is 12.4 Å². The summed E-state index contributed by atoms with van der Waals surface area (Å²) >= 11 is 1.26. The Hall–Kier alpha value is -1.61. The van der Waals surface area contributed by atoms with E-state index in [2.05, 4.69) is 10.2 Å². The minimum atomic E-state index is -1.08. The molecule has 2 atom stereocenters. The van der Waals surface area contributed by atoms with E-state index in [1.54, 1.807) is 6.33 Å². The summed E-state index contributed by atoms with van der Waals surface area (Å²) < 4.78 is 1.95. The predicted octanol–water partition coefficient (Wildman–Crippen LogP) is -0.248. The molecule has 0 bridgehead atoms. The van der Waals surface area contributed by atoms with Gasteiger partial charge in [0, 0.05) is 19.0 Å². The Bertz CT molecular complexity index is 559. The first kappa shape index (κ1) is 14.3. The number of carbonyl (C=O) groups excluding carboxylic acids is 1. The van der Waals surface area contributed by atoms with Gasteiger partial charge in [-0.3, -0.25) is 4.79 Å². The Morgan fingerprint density at radius 1 is 1.43 bits per heavy atom. The molecule has 2 aliphatic rings. The number of hydrogen-bond donors (Lipinski definition) is 2. The van der Waals surface area contributed by atoms with Crippen molar-refractivity contribution in [2.24, 2.45) is 0 Å². The number of carboxylic acids is 1. The van der Waals surface area contributed by atoms with Gasteiger partial charge in [0.2, 0.25) is 5.91 Å². The summed E-state index contributed by atoms with van der Waals surface area (Å²) in [6, 6.07) is -0.507. The Labute approximate surface area is 125 Å². The molecule has 21 heavy (non-hydrogen) atoms. The molecule has 2 heterocycles. The molecule has 1 aromatic rings. The van der Waals surface area contributed by atoms with Gasteiger partial charge in [0.25, 0.3) is 0 Å². The fourth-order valence-corrected chi connectivity index (χ4v) is 3.34. The molecule has 114 valence electrons. The summed E-state index contributed by atoms with van der Waals surface area (Å²) in [5, 5.41) is 27.2. The van der Waals surface area contributed by atoms with Crippen LogP contribution in [0.3, 0.4) is 0 Å². The maximum absolute atomic E-state index is 12.2. The molecule has 2 unspecified atom stereocenters. The van der Waals surface area contributed by atoms with Crippen molar-refractivity contribution in [3.05, 3.63) is 6.33 Å². The fourth-order valence-electron chi connectivity index (χ4n) is 2.47. The highest BCUT2D eigenvalue weighted by atomic mass is 32.2. The molecular formula is C12H16N4O4S. The fraction of sp³-hybridized carbons (Fsp3) is 0.667. The number of aliphatic carboxylic acids is 1. The van der Waals surface area contributed by atoms with Crippen molar-refractivity contribution in [2.45, 2.75) is 42.6 Å². The third-order valence-corrected chi connectivity index (χ3v) is 4.63. The topological polar surface area (TPSA) is 109 Å². The number of rotatable bonds is 5. The van der Waals surface area contributed by atoms with Crippen molar-refractivity contribution >= 4 is 23.6 Å². The van der Waals surface area contributed by atoms with Crippen molar-refractivity contribution in [3.8, 4) is 0 Å². The minimum absolute atomic E-state index is 0.0751. The van der Waals surface area contributed by atoms with Crippen LogP contribution < -0.4 is 0 Å². The van der Waals surface area contributed by atoms with Crippen molar-refractivity contribution in [1.82, 2.24) is 19.7 Å². The highest BCUT2D eigenvalue weighted by Crippen LogP contribution is 2.37. The molecule has 1 aromatic heterocycles. The van der Waals surface area contributed by atoms with E-state index in [1.807, 2.05) is 4.57 Å². The van der Waals surface area contributed by atoms with E-state index in [0.717, 1.165) is 12.8 Å². The molecule has 2 fully saturated rings. The smallest absolute Gasteiger partial charge is 0.326 e. The number of carbonyl (C=O) groups is 2. The Morgan fingerprint density at radius 3 is 2.86 bits per heavy atom. The first-order valence-corrected chi connectivity index (χ1v) is 7.77. The van der Waals surface area contributed by atoms with Gasteiger partial charge in [-0.25, -0.2) is 4.79 Å². The summed E-state index contributed by atoms with van der Waals surface area (Å²) in [4.78, 5) is 24.5. The third kappa shape index (κ3) is 3.03. The zero-order valence-corrected chi connectivity index (χ0v) is 12.1. The minimum Gasteiger partial charge on any atom is -0.480 e. The van der Waals surface area contributed by atoms with Crippen LogP contribution in [-0.4, -0.2) is 66.2 Å². The molecule has 2 N–H and O–H groups in total. The monoisotopic (exact) mass is 312 g/mol. The highest BCUT2D eigenvalue weighted by Gasteiger charge is 2.38. The lowest BCUT2D eigenvalue weighted by Crippen LogP contribution is -2.41. The van der Waals surface area contributed by atoms with Crippen LogP contribution in [0.1, 0.15) is 25.3 Å². The molecule has 1 saturated carbocycles. The summed E-state index contributed by atoms with van der Waals surface area (Å²) in [7, 11) is 0. The maximum Gasteiger partial charge on any atom is 0.326 e. The van der Waals surface area contributed by atoms with E-state index in [1.165, 1.54) is 16.7 Å². The molecule has 3 rings (SSSR count). The van der Waals surface area contributed by atoms with Crippen LogP contribution in [0.4, 0.5) is 0 Å². The largest absolute Gasteiger partial charge is 0.480 e. The molecule has 1 saturated heterocycles. The maximum atomic E-state index is 12.2. The lowest BCUT2D eigenvalue weighted by molar-refractivity contribution is -0.147. The number of thioether (sulfide) groups is 1. The molecule has 0 spiro atoms. The van der Waals surface area contributed by atoms with Crippen molar-refractivity contribution in [3.63, 3.8) is 0 Å².